The fraction of sp³-hybridized carbons (Fsp3) is 0.100. The highest BCUT2D eigenvalue weighted by atomic mass is 16.1. The van der Waals surface area contributed by atoms with E-state index in [-0.39, 0.29) is 5.91 Å². The van der Waals surface area contributed by atoms with Crippen molar-refractivity contribution in [1.29, 1.82) is 0 Å². The molecule has 4 heteroatoms. The molecule has 0 bridgehead atoms. The van der Waals surface area contributed by atoms with Gasteiger partial charge in [0.2, 0.25) is 11.8 Å². The van der Waals surface area contributed by atoms with Crippen molar-refractivity contribution in [3.63, 3.8) is 0 Å². The molecule has 0 aliphatic carbocycles. The van der Waals surface area contributed by atoms with Crippen LogP contribution < -0.4 is 11.1 Å². The zero-order chi connectivity index (χ0) is 16.9. The van der Waals surface area contributed by atoms with E-state index in [0.717, 1.165) is 21.9 Å². The molecular weight excluding hydrogens is 300 g/mol. The van der Waals surface area contributed by atoms with Gasteiger partial charge >= 0.3 is 0 Å². The van der Waals surface area contributed by atoms with Gasteiger partial charge in [-0.2, -0.15) is 0 Å². The van der Waals surface area contributed by atoms with E-state index in [1.807, 2.05) is 42.5 Å². The van der Waals surface area contributed by atoms with Gasteiger partial charge in [-0.05, 0) is 34.0 Å². The molecule has 0 aliphatic heterocycles. The van der Waals surface area contributed by atoms with Gasteiger partial charge in [0.1, 0.15) is 0 Å². The fourth-order valence-electron chi connectivity index (χ4n) is 2.67. The lowest BCUT2D eigenvalue weighted by Crippen LogP contribution is -2.24. The topological polar surface area (TPSA) is 72.2 Å². The highest BCUT2D eigenvalue weighted by Gasteiger charge is 2.07. The average Bonchev–Trinajstić information content (AvgIpc) is 2.61. The van der Waals surface area contributed by atoms with Crippen molar-refractivity contribution in [2.75, 3.05) is 0 Å². The van der Waals surface area contributed by atoms with E-state index >= 15 is 0 Å². The number of benzene rings is 3. The summed E-state index contributed by atoms with van der Waals surface area (Å²) in [6.45, 7) is 0.419. The van der Waals surface area contributed by atoms with Crippen molar-refractivity contribution in [2.24, 2.45) is 5.73 Å². The van der Waals surface area contributed by atoms with Gasteiger partial charge in [-0.25, -0.2) is 0 Å². The van der Waals surface area contributed by atoms with Gasteiger partial charge in [-0.1, -0.05) is 54.6 Å². The summed E-state index contributed by atoms with van der Waals surface area (Å²) in [5.41, 5.74) is 7.60. The van der Waals surface area contributed by atoms with Crippen molar-refractivity contribution in [3.8, 4) is 0 Å². The molecule has 0 unspecified atom stereocenters. The smallest absolute Gasteiger partial charge is 0.248 e. The molecule has 120 valence electrons. The Bertz CT molecular complexity index is 880. The Kier molecular flexibility index (Phi) is 4.57. The molecule has 0 aromatic heterocycles. The van der Waals surface area contributed by atoms with E-state index in [1.54, 1.807) is 24.3 Å². The summed E-state index contributed by atoms with van der Waals surface area (Å²) in [6, 6.07) is 20.9. The first kappa shape index (κ1) is 15.7. The number of fused-ring (bicyclic) bond motifs is 1. The zero-order valence-electron chi connectivity index (χ0n) is 13.2. The van der Waals surface area contributed by atoms with Gasteiger partial charge < -0.3 is 11.1 Å². The molecule has 3 aromatic carbocycles. The number of nitrogens with two attached hydrogens (primary N) is 1. The highest BCUT2D eigenvalue weighted by Crippen LogP contribution is 2.18. The number of nitrogens with one attached hydrogen (secondary N) is 1. The largest absolute Gasteiger partial charge is 0.366 e. The highest BCUT2D eigenvalue weighted by molar-refractivity contribution is 5.92. The molecule has 0 heterocycles. The summed E-state index contributed by atoms with van der Waals surface area (Å²) in [7, 11) is 0. The van der Waals surface area contributed by atoms with Crippen LogP contribution in [0.15, 0.2) is 66.7 Å². The molecular formula is C20H18N2O2. The van der Waals surface area contributed by atoms with E-state index < -0.39 is 5.91 Å². The zero-order valence-corrected chi connectivity index (χ0v) is 13.2. The van der Waals surface area contributed by atoms with E-state index in [2.05, 4.69) is 5.32 Å². The van der Waals surface area contributed by atoms with Crippen LogP contribution in [0, 0.1) is 0 Å². The van der Waals surface area contributed by atoms with Crippen LogP contribution in [0.25, 0.3) is 10.8 Å². The Hall–Kier alpha value is -3.14. The Labute approximate surface area is 140 Å². The van der Waals surface area contributed by atoms with Gasteiger partial charge in [0.05, 0.1) is 6.42 Å². The van der Waals surface area contributed by atoms with Crippen LogP contribution in [0.3, 0.4) is 0 Å². The molecule has 3 aromatic rings. The van der Waals surface area contributed by atoms with Gasteiger partial charge in [0.25, 0.3) is 0 Å². The maximum Gasteiger partial charge on any atom is 0.248 e. The van der Waals surface area contributed by atoms with Crippen molar-refractivity contribution in [3.05, 3.63) is 83.4 Å². The molecule has 4 nitrogen and oxygen atoms in total. The molecule has 0 atom stereocenters. The molecule has 0 spiro atoms. The second kappa shape index (κ2) is 6.96. The van der Waals surface area contributed by atoms with E-state index in [1.165, 1.54) is 0 Å². The molecule has 0 fully saturated rings. The third kappa shape index (κ3) is 3.60. The normalized spacial score (nSPS) is 10.5. The summed E-state index contributed by atoms with van der Waals surface area (Å²) in [4.78, 5) is 23.3. The number of hydrogen-bond acceptors (Lipinski definition) is 2. The van der Waals surface area contributed by atoms with Crippen molar-refractivity contribution in [2.45, 2.75) is 13.0 Å². The predicted octanol–water partition coefficient (Wildman–Crippen LogP) is 2.80. The summed E-state index contributed by atoms with van der Waals surface area (Å²) >= 11 is 0. The van der Waals surface area contributed by atoms with Crippen LogP contribution in [0.1, 0.15) is 21.5 Å². The first-order chi connectivity index (χ1) is 11.6. The third-order valence-electron chi connectivity index (χ3n) is 3.96. The summed E-state index contributed by atoms with van der Waals surface area (Å²) < 4.78 is 0. The first-order valence-corrected chi connectivity index (χ1v) is 7.75. The predicted molar refractivity (Wildman–Crippen MR) is 94.5 cm³/mol. The SMILES string of the molecule is NC(=O)c1ccc(CNC(=O)Cc2cccc3ccccc23)cc1. The first-order valence-electron chi connectivity index (χ1n) is 7.75. The quantitative estimate of drug-likeness (QED) is 0.759. The van der Waals surface area contributed by atoms with Crippen LogP contribution in [-0.2, 0) is 17.8 Å². The number of hydrogen-bond donors (Lipinski definition) is 2. The second-order valence-corrected chi connectivity index (χ2v) is 5.65. The van der Waals surface area contributed by atoms with E-state index in [4.69, 9.17) is 5.73 Å². The fourth-order valence-corrected chi connectivity index (χ4v) is 2.67. The molecule has 0 aliphatic rings. The molecule has 3 N–H and O–H groups in total. The lowest BCUT2D eigenvalue weighted by molar-refractivity contribution is -0.120. The van der Waals surface area contributed by atoms with Crippen LogP contribution in [0.5, 0.6) is 0 Å². The third-order valence-corrected chi connectivity index (χ3v) is 3.96. The molecule has 3 rings (SSSR count). The summed E-state index contributed by atoms with van der Waals surface area (Å²) in [6.07, 6.45) is 0.334. The lowest BCUT2D eigenvalue weighted by Gasteiger charge is -2.08. The maximum atomic E-state index is 12.2. The lowest BCUT2D eigenvalue weighted by atomic mass is 10.0. The molecule has 24 heavy (non-hydrogen) atoms. The minimum Gasteiger partial charge on any atom is -0.366 e. The van der Waals surface area contributed by atoms with Gasteiger partial charge in [-0.15, -0.1) is 0 Å². The average molecular weight is 318 g/mol. The minimum absolute atomic E-state index is 0.0367. The van der Waals surface area contributed by atoms with Gasteiger partial charge in [-0.3, -0.25) is 9.59 Å². The number of carbonyl (C=O) groups is 2. The van der Waals surface area contributed by atoms with Gasteiger partial charge in [0.15, 0.2) is 0 Å². The van der Waals surface area contributed by atoms with Crippen molar-refractivity contribution < 1.29 is 9.59 Å². The second-order valence-electron chi connectivity index (χ2n) is 5.65. The molecule has 0 saturated heterocycles. The maximum absolute atomic E-state index is 12.2. The van der Waals surface area contributed by atoms with E-state index in [0.29, 0.717) is 18.5 Å². The van der Waals surface area contributed by atoms with E-state index in [9.17, 15) is 9.59 Å². The Morgan fingerprint density at radius 3 is 2.33 bits per heavy atom. The van der Waals surface area contributed by atoms with Crippen molar-refractivity contribution in [1.82, 2.24) is 5.32 Å². The Balaban J connectivity index is 1.64. The molecule has 2 amide bonds. The number of amides is 2. The number of rotatable bonds is 5. The standard InChI is InChI=1S/C20H18N2O2/c21-20(24)16-10-8-14(9-11-16)13-22-19(23)12-17-6-3-5-15-4-1-2-7-18(15)17/h1-11H,12-13H2,(H2,21,24)(H,22,23). The monoisotopic (exact) mass is 318 g/mol. The number of primary amides is 1. The Morgan fingerprint density at radius 2 is 1.58 bits per heavy atom. The summed E-state index contributed by atoms with van der Waals surface area (Å²) in [5.74, 6) is -0.494. The minimum atomic E-state index is -0.457. The molecule has 0 radical (unpaired) electrons. The van der Waals surface area contributed by atoms with Crippen molar-refractivity contribution >= 4 is 22.6 Å². The van der Waals surface area contributed by atoms with Crippen LogP contribution in [0.2, 0.25) is 0 Å². The van der Waals surface area contributed by atoms with Crippen LogP contribution >= 0.6 is 0 Å². The Morgan fingerprint density at radius 1 is 0.875 bits per heavy atom. The number of carbonyl (C=O) groups excluding carboxylic acids is 2. The van der Waals surface area contributed by atoms with Crippen LogP contribution in [-0.4, -0.2) is 11.8 Å². The van der Waals surface area contributed by atoms with Gasteiger partial charge in [0, 0.05) is 12.1 Å². The molecule has 0 saturated carbocycles. The summed E-state index contributed by atoms with van der Waals surface area (Å²) in [5, 5.41) is 5.13. The van der Waals surface area contributed by atoms with Crippen LogP contribution in [0.4, 0.5) is 0 Å².